The van der Waals surface area contributed by atoms with Gasteiger partial charge < -0.3 is 14.8 Å². The maximum Gasteiger partial charge on any atom is 0.180 e. The zero-order valence-electron chi connectivity index (χ0n) is 13.8. The fourth-order valence-electron chi connectivity index (χ4n) is 2.16. The zero-order valence-corrected chi connectivity index (χ0v) is 16.1. The van der Waals surface area contributed by atoms with Crippen molar-refractivity contribution in [3.63, 3.8) is 0 Å². The van der Waals surface area contributed by atoms with Gasteiger partial charge in [0.15, 0.2) is 11.5 Å². The molecule has 24 heavy (non-hydrogen) atoms. The lowest BCUT2D eigenvalue weighted by molar-refractivity contribution is 0.269. The number of halogens is 3. The molecule has 6 heteroatoms. The Morgan fingerprint density at radius 3 is 2.42 bits per heavy atom. The summed E-state index contributed by atoms with van der Waals surface area (Å²) in [5.41, 5.74) is 1.97. The third-order valence-electron chi connectivity index (χ3n) is 3.28. The number of ether oxygens (including phenoxy) is 2. The molecule has 0 saturated carbocycles. The number of rotatable bonds is 8. The molecule has 0 aliphatic carbocycles. The first-order valence-electron chi connectivity index (χ1n) is 7.67. The molecule has 0 amide bonds. The second-order valence-corrected chi connectivity index (χ2v) is 5.81. The largest absolute Gasteiger partial charge is 0.490 e. The van der Waals surface area contributed by atoms with Crippen molar-refractivity contribution in [3.8, 4) is 11.5 Å². The summed E-state index contributed by atoms with van der Waals surface area (Å²) in [5, 5.41) is 4.48. The maximum atomic E-state index is 6.39. The Morgan fingerprint density at radius 2 is 1.75 bits per heavy atom. The van der Waals surface area contributed by atoms with Crippen molar-refractivity contribution >= 4 is 35.6 Å². The Labute approximate surface area is 159 Å². The van der Waals surface area contributed by atoms with Crippen LogP contribution < -0.4 is 14.8 Å². The number of hydrogen-bond acceptors (Lipinski definition) is 3. The van der Waals surface area contributed by atoms with Crippen LogP contribution in [-0.2, 0) is 13.2 Å². The predicted octanol–water partition coefficient (Wildman–Crippen LogP) is 5.50. The van der Waals surface area contributed by atoms with E-state index >= 15 is 0 Å². The molecule has 0 unspecified atom stereocenters. The van der Waals surface area contributed by atoms with Gasteiger partial charge >= 0.3 is 0 Å². The zero-order chi connectivity index (χ0) is 16.7. The van der Waals surface area contributed by atoms with Crippen molar-refractivity contribution in [3.05, 3.63) is 57.6 Å². The molecular formula is C18H22Cl3NO2. The maximum absolute atomic E-state index is 6.39. The van der Waals surface area contributed by atoms with E-state index in [1.165, 1.54) is 0 Å². The minimum Gasteiger partial charge on any atom is -0.490 e. The summed E-state index contributed by atoms with van der Waals surface area (Å²) in [5.74, 6) is 1.20. The Balaban J connectivity index is 0.00000288. The first-order valence-corrected chi connectivity index (χ1v) is 8.43. The van der Waals surface area contributed by atoms with Crippen LogP contribution in [-0.4, -0.2) is 13.2 Å². The molecule has 2 rings (SSSR count). The molecule has 1 N–H and O–H groups in total. The standard InChI is InChI=1S/C18H21Cl2NO2.ClH/c1-3-21-11-13-9-16(20)18(17(10-13)22-4-2)23-12-14-7-5-6-8-15(14)19;/h5-10,21H,3-4,11-12H2,1-2H3;1H. The molecule has 0 spiro atoms. The minimum absolute atomic E-state index is 0. The molecule has 0 atom stereocenters. The molecular weight excluding hydrogens is 369 g/mol. The van der Waals surface area contributed by atoms with E-state index in [9.17, 15) is 0 Å². The van der Waals surface area contributed by atoms with E-state index in [-0.39, 0.29) is 12.4 Å². The molecule has 2 aromatic carbocycles. The minimum atomic E-state index is 0. The van der Waals surface area contributed by atoms with E-state index in [1.54, 1.807) is 0 Å². The van der Waals surface area contributed by atoms with E-state index in [0.717, 1.165) is 24.2 Å². The fourth-order valence-corrected chi connectivity index (χ4v) is 2.64. The molecule has 0 heterocycles. The third kappa shape index (κ3) is 5.75. The SMILES string of the molecule is CCNCc1cc(Cl)c(OCc2ccccc2Cl)c(OCC)c1.Cl. The highest BCUT2D eigenvalue weighted by molar-refractivity contribution is 6.32. The first kappa shape index (κ1) is 20.9. The highest BCUT2D eigenvalue weighted by atomic mass is 35.5. The molecule has 0 saturated heterocycles. The average molecular weight is 391 g/mol. The first-order chi connectivity index (χ1) is 11.2. The molecule has 3 nitrogen and oxygen atoms in total. The van der Waals surface area contributed by atoms with Crippen molar-refractivity contribution in [2.24, 2.45) is 0 Å². The van der Waals surface area contributed by atoms with Crippen LogP contribution in [0.3, 0.4) is 0 Å². The van der Waals surface area contributed by atoms with Gasteiger partial charge in [-0.05, 0) is 37.2 Å². The van der Waals surface area contributed by atoms with Gasteiger partial charge in [-0.25, -0.2) is 0 Å². The van der Waals surface area contributed by atoms with E-state index in [4.69, 9.17) is 32.7 Å². The fraction of sp³-hybridized carbons (Fsp3) is 0.333. The molecule has 0 fully saturated rings. The smallest absolute Gasteiger partial charge is 0.180 e. The predicted molar refractivity (Wildman–Crippen MR) is 103 cm³/mol. The van der Waals surface area contributed by atoms with Gasteiger partial charge in [-0.1, -0.05) is 48.3 Å². The molecule has 0 aromatic heterocycles. The van der Waals surface area contributed by atoms with Crippen LogP contribution in [0.2, 0.25) is 10.0 Å². The topological polar surface area (TPSA) is 30.5 Å². The molecule has 0 aliphatic heterocycles. The lowest BCUT2D eigenvalue weighted by atomic mass is 10.2. The van der Waals surface area contributed by atoms with Gasteiger partial charge in [0.05, 0.1) is 11.6 Å². The molecule has 0 aliphatic rings. The van der Waals surface area contributed by atoms with Crippen LogP contribution in [0.1, 0.15) is 25.0 Å². The lowest BCUT2D eigenvalue weighted by Crippen LogP contribution is -2.12. The Morgan fingerprint density at radius 1 is 1.00 bits per heavy atom. The van der Waals surface area contributed by atoms with Crippen molar-refractivity contribution in [2.75, 3.05) is 13.2 Å². The van der Waals surface area contributed by atoms with Crippen molar-refractivity contribution in [2.45, 2.75) is 27.0 Å². The van der Waals surface area contributed by atoms with Gasteiger partial charge in [-0.2, -0.15) is 0 Å². The van der Waals surface area contributed by atoms with Crippen LogP contribution in [0.25, 0.3) is 0 Å². The third-order valence-corrected chi connectivity index (χ3v) is 3.93. The monoisotopic (exact) mass is 389 g/mol. The molecule has 0 bridgehead atoms. The molecule has 2 aromatic rings. The summed E-state index contributed by atoms with van der Waals surface area (Å²) in [4.78, 5) is 0. The van der Waals surface area contributed by atoms with Crippen molar-refractivity contribution < 1.29 is 9.47 Å². The summed E-state index contributed by atoms with van der Waals surface area (Å²) in [6, 6.07) is 11.4. The van der Waals surface area contributed by atoms with Crippen LogP contribution in [0, 0.1) is 0 Å². The second kappa shape index (κ2) is 10.7. The van der Waals surface area contributed by atoms with E-state index in [0.29, 0.717) is 34.8 Å². The van der Waals surface area contributed by atoms with Crippen LogP contribution in [0.15, 0.2) is 36.4 Å². The number of nitrogens with one attached hydrogen (secondary N) is 1. The lowest BCUT2D eigenvalue weighted by Gasteiger charge is -2.16. The number of benzene rings is 2. The second-order valence-electron chi connectivity index (χ2n) is 5.00. The normalized spacial score (nSPS) is 10.2. The van der Waals surface area contributed by atoms with Crippen molar-refractivity contribution in [1.82, 2.24) is 5.32 Å². The summed E-state index contributed by atoms with van der Waals surface area (Å²) in [7, 11) is 0. The molecule has 0 radical (unpaired) electrons. The highest BCUT2D eigenvalue weighted by Gasteiger charge is 2.13. The van der Waals surface area contributed by atoms with Crippen molar-refractivity contribution in [1.29, 1.82) is 0 Å². The van der Waals surface area contributed by atoms with Gasteiger partial charge in [-0.3, -0.25) is 0 Å². The summed E-state index contributed by atoms with van der Waals surface area (Å²) in [6.07, 6.45) is 0. The van der Waals surface area contributed by atoms with E-state index < -0.39 is 0 Å². The van der Waals surface area contributed by atoms with Crippen LogP contribution >= 0.6 is 35.6 Å². The van der Waals surface area contributed by atoms with Gasteiger partial charge in [0, 0.05) is 17.1 Å². The van der Waals surface area contributed by atoms with Crippen LogP contribution in [0.5, 0.6) is 11.5 Å². The van der Waals surface area contributed by atoms with Gasteiger partial charge in [0.25, 0.3) is 0 Å². The quantitative estimate of drug-likeness (QED) is 0.645. The van der Waals surface area contributed by atoms with Gasteiger partial charge in [0.1, 0.15) is 6.61 Å². The van der Waals surface area contributed by atoms with E-state index in [1.807, 2.05) is 43.3 Å². The summed E-state index contributed by atoms with van der Waals surface area (Å²) < 4.78 is 11.6. The van der Waals surface area contributed by atoms with E-state index in [2.05, 4.69) is 12.2 Å². The Bertz CT molecular complexity index is 650. The number of hydrogen-bond donors (Lipinski definition) is 1. The highest BCUT2D eigenvalue weighted by Crippen LogP contribution is 2.37. The molecule has 132 valence electrons. The average Bonchev–Trinajstić information content (AvgIpc) is 2.54. The summed E-state index contributed by atoms with van der Waals surface area (Å²) >= 11 is 12.6. The Kier molecular flexibility index (Phi) is 9.30. The Hall–Kier alpha value is -1.13. The van der Waals surface area contributed by atoms with Gasteiger partial charge in [-0.15, -0.1) is 12.4 Å². The summed E-state index contributed by atoms with van der Waals surface area (Å²) in [6.45, 7) is 6.51. The van der Waals surface area contributed by atoms with Gasteiger partial charge in [0.2, 0.25) is 0 Å². The van der Waals surface area contributed by atoms with Crippen LogP contribution in [0.4, 0.5) is 0 Å².